The third-order valence-corrected chi connectivity index (χ3v) is 4.93. The van der Waals surface area contributed by atoms with Crippen LogP contribution in [0.15, 0.2) is 53.9 Å². The van der Waals surface area contributed by atoms with E-state index >= 15 is 0 Å². The Hall–Kier alpha value is -2.25. The van der Waals surface area contributed by atoms with Crippen molar-refractivity contribution in [2.24, 2.45) is 0 Å². The van der Waals surface area contributed by atoms with Crippen molar-refractivity contribution >= 4 is 11.8 Å². The first-order valence-corrected chi connectivity index (χ1v) is 8.81. The van der Waals surface area contributed by atoms with E-state index in [9.17, 15) is 4.39 Å². The number of halogens is 1. The zero-order valence-electron chi connectivity index (χ0n) is 14.1. The van der Waals surface area contributed by atoms with E-state index in [1.807, 2.05) is 16.7 Å². The minimum absolute atomic E-state index is 0.122. The summed E-state index contributed by atoms with van der Waals surface area (Å²) in [5.74, 6) is 0.553. The van der Waals surface area contributed by atoms with Crippen LogP contribution in [0.3, 0.4) is 0 Å². The zero-order chi connectivity index (χ0) is 17.6. The number of benzene rings is 1. The molecule has 3 rings (SSSR count). The molecular formula is C18H19FN4OS. The van der Waals surface area contributed by atoms with Gasteiger partial charge in [0.2, 0.25) is 0 Å². The van der Waals surface area contributed by atoms with Gasteiger partial charge >= 0.3 is 0 Å². The van der Waals surface area contributed by atoms with Crippen molar-refractivity contribution in [1.29, 1.82) is 0 Å². The molecule has 2 heterocycles. The summed E-state index contributed by atoms with van der Waals surface area (Å²) < 4.78 is 20.4. The highest BCUT2D eigenvalue weighted by Crippen LogP contribution is 2.35. The maximum absolute atomic E-state index is 13.1. The highest BCUT2D eigenvalue weighted by Gasteiger charge is 2.17. The van der Waals surface area contributed by atoms with Crippen LogP contribution in [0.25, 0.3) is 11.4 Å². The maximum Gasteiger partial charge on any atom is 0.192 e. The standard InChI is InChI=1S/C18H19FN4OS/c1-13(14-3-5-16(19)6-4-14)25-18-22-21-17(23(18)11-12-24-2)15-7-9-20-10-8-15/h3-10,13H,11-12H2,1-2H3/t13-/m0/s1. The summed E-state index contributed by atoms with van der Waals surface area (Å²) in [7, 11) is 1.67. The van der Waals surface area contributed by atoms with Gasteiger partial charge in [-0.25, -0.2) is 4.39 Å². The van der Waals surface area contributed by atoms with Gasteiger partial charge in [0.1, 0.15) is 5.82 Å². The Morgan fingerprint density at radius 3 is 2.52 bits per heavy atom. The van der Waals surface area contributed by atoms with E-state index < -0.39 is 0 Å². The summed E-state index contributed by atoms with van der Waals surface area (Å²) in [6.45, 7) is 3.29. The lowest BCUT2D eigenvalue weighted by atomic mass is 10.2. The van der Waals surface area contributed by atoms with E-state index in [2.05, 4.69) is 22.1 Å². The van der Waals surface area contributed by atoms with Crippen molar-refractivity contribution in [3.05, 3.63) is 60.2 Å². The van der Waals surface area contributed by atoms with Gasteiger partial charge in [-0.05, 0) is 36.8 Å². The summed E-state index contributed by atoms with van der Waals surface area (Å²) in [4.78, 5) is 4.05. The number of rotatable bonds is 7. The topological polar surface area (TPSA) is 52.8 Å². The summed E-state index contributed by atoms with van der Waals surface area (Å²) in [6, 6.07) is 10.4. The fraction of sp³-hybridized carbons (Fsp3) is 0.278. The first-order chi connectivity index (χ1) is 12.2. The number of hydrogen-bond donors (Lipinski definition) is 0. The molecule has 0 radical (unpaired) electrons. The molecule has 0 spiro atoms. The number of aromatic nitrogens is 4. The molecular weight excluding hydrogens is 339 g/mol. The molecule has 0 N–H and O–H groups in total. The predicted molar refractivity (Wildman–Crippen MR) is 95.8 cm³/mol. The fourth-order valence-corrected chi connectivity index (χ4v) is 3.44. The fourth-order valence-electron chi connectivity index (χ4n) is 2.43. The Balaban J connectivity index is 1.87. The lowest BCUT2D eigenvalue weighted by molar-refractivity contribution is 0.185. The van der Waals surface area contributed by atoms with Crippen molar-refractivity contribution < 1.29 is 9.13 Å². The van der Waals surface area contributed by atoms with E-state index in [0.717, 1.165) is 22.1 Å². The van der Waals surface area contributed by atoms with Crippen LogP contribution in [0.1, 0.15) is 17.7 Å². The lowest BCUT2D eigenvalue weighted by Gasteiger charge is -2.13. The minimum Gasteiger partial charge on any atom is -0.383 e. The summed E-state index contributed by atoms with van der Waals surface area (Å²) in [5.41, 5.74) is 2.00. The van der Waals surface area contributed by atoms with Gasteiger partial charge in [-0.2, -0.15) is 0 Å². The molecule has 0 unspecified atom stereocenters. The lowest BCUT2D eigenvalue weighted by Crippen LogP contribution is -2.08. The average molecular weight is 358 g/mol. The molecule has 0 aliphatic heterocycles. The molecule has 0 aliphatic rings. The summed E-state index contributed by atoms with van der Waals surface area (Å²) in [5, 5.41) is 9.63. The van der Waals surface area contributed by atoms with Crippen LogP contribution < -0.4 is 0 Å². The molecule has 5 nitrogen and oxygen atoms in total. The Morgan fingerprint density at radius 1 is 1.12 bits per heavy atom. The van der Waals surface area contributed by atoms with Crippen molar-refractivity contribution in [3.8, 4) is 11.4 Å². The van der Waals surface area contributed by atoms with E-state index in [0.29, 0.717) is 13.2 Å². The number of thioether (sulfide) groups is 1. The Labute approximate surface area is 150 Å². The van der Waals surface area contributed by atoms with Crippen LogP contribution in [0.2, 0.25) is 0 Å². The van der Waals surface area contributed by atoms with Gasteiger partial charge in [0.15, 0.2) is 11.0 Å². The molecule has 0 fully saturated rings. The average Bonchev–Trinajstić information content (AvgIpc) is 3.03. The molecule has 2 aromatic heterocycles. The van der Waals surface area contributed by atoms with Gasteiger partial charge in [0, 0.05) is 30.3 Å². The van der Waals surface area contributed by atoms with Gasteiger partial charge < -0.3 is 4.74 Å². The normalized spacial score (nSPS) is 12.3. The van der Waals surface area contributed by atoms with Gasteiger partial charge in [-0.3, -0.25) is 9.55 Å². The summed E-state index contributed by atoms with van der Waals surface area (Å²) in [6.07, 6.45) is 3.47. The largest absolute Gasteiger partial charge is 0.383 e. The molecule has 7 heteroatoms. The van der Waals surface area contributed by atoms with Crippen LogP contribution in [0.5, 0.6) is 0 Å². The number of hydrogen-bond acceptors (Lipinski definition) is 5. The zero-order valence-corrected chi connectivity index (χ0v) is 14.9. The quantitative estimate of drug-likeness (QED) is 0.598. The number of ether oxygens (including phenoxy) is 1. The second-order valence-electron chi connectivity index (χ2n) is 5.50. The predicted octanol–water partition coefficient (Wildman–Crippen LogP) is 3.98. The van der Waals surface area contributed by atoms with Crippen molar-refractivity contribution in [3.63, 3.8) is 0 Å². The van der Waals surface area contributed by atoms with Gasteiger partial charge in [-0.1, -0.05) is 23.9 Å². The van der Waals surface area contributed by atoms with E-state index in [1.54, 1.807) is 43.4 Å². The molecule has 0 bridgehead atoms. The Kier molecular flexibility index (Phi) is 5.78. The number of pyridine rings is 1. The minimum atomic E-state index is -0.232. The van der Waals surface area contributed by atoms with Crippen LogP contribution in [-0.2, 0) is 11.3 Å². The van der Waals surface area contributed by atoms with Crippen LogP contribution >= 0.6 is 11.8 Å². The van der Waals surface area contributed by atoms with Crippen molar-refractivity contribution in [2.45, 2.75) is 23.9 Å². The van der Waals surface area contributed by atoms with Crippen LogP contribution in [0, 0.1) is 5.82 Å². The van der Waals surface area contributed by atoms with Crippen molar-refractivity contribution in [1.82, 2.24) is 19.7 Å². The van der Waals surface area contributed by atoms with Gasteiger partial charge in [0.25, 0.3) is 0 Å². The molecule has 3 aromatic rings. The molecule has 0 saturated heterocycles. The van der Waals surface area contributed by atoms with Crippen molar-refractivity contribution in [2.75, 3.05) is 13.7 Å². The van der Waals surface area contributed by atoms with E-state index in [4.69, 9.17) is 4.74 Å². The number of nitrogens with zero attached hydrogens (tertiary/aromatic N) is 4. The first kappa shape index (κ1) is 17.6. The van der Waals surface area contributed by atoms with E-state index in [1.165, 1.54) is 12.1 Å². The van der Waals surface area contributed by atoms with Gasteiger partial charge in [-0.15, -0.1) is 10.2 Å². The molecule has 0 saturated carbocycles. The Morgan fingerprint density at radius 2 is 1.84 bits per heavy atom. The maximum atomic E-state index is 13.1. The second-order valence-corrected chi connectivity index (χ2v) is 6.81. The van der Waals surface area contributed by atoms with E-state index in [-0.39, 0.29) is 11.1 Å². The van der Waals surface area contributed by atoms with Gasteiger partial charge in [0.05, 0.1) is 13.2 Å². The first-order valence-electron chi connectivity index (χ1n) is 7.93. The highest BCUT2D eigenvalue weighted by molar-refractivity contribution is 7.99. The highest BCUT2D eigenvalue weighted by atomic mass is 32.2. The second kappa shape index (κ2) is 8.22. The molecule has 0 amide bonds. The molecule has 25 heavy (non-hydrogen) atoms. The Bertz CT molecular complexity index is 808. The number of methoxy groups -OCH3 is 1. The van der Waals surface area contributed by atoms with Crippen LogP contribution in [0.4, 0.5) is 4.39 Å². The molecule has 1 atom stereocenters. The SMILES string of the molecule is COCCn1c(S[C@@H](C)c2ccc(F)cc2)nnc1-c1ccncc1. The molecule has 130 valence electrons. The summed E-state index contributed by atoms with van der Waals surface area (Å²) >= 11 is 1.59. The third-order valence-electron chi connectivity index (χ3n) is 3.80. The molecule has 0 aliphatic carbocycles. The van der Waals surface area contributed by atoms with Crippen LogP contribution in [-0.4, -0.2) is 33.5 Å². The monoisotopic (exact) mass is 358 g/mol. The third kappa shape index (κ3) is 4.24. The smallest absolute Gasteiger partial charge is 0.192 e. The molecule has 1 aromatic carbocycles.